The number of halogens is 1. The van der Waals surface area contributed by atoms with Crippen molar-refractivity contribution in [2.75, 3.05) is 0 Å². The number of benzene rings is 1. The summed E-state index contributed by atoms with van der Waals surface area (Å²) in [6.45, 7) is 1.29. The largest absolute Gasteiger partial charge is 0.423 e. The molecule has 1 aromatic carbocycles. The minimum absolute atomic E-state index is 0.156. The number of hydrogen-bond acceptors (Lipinski definition) is 4. The van der Waals surface area contributed by atoms with E-state index < -0.39 is 18.2 Å². The molecule has 4 nitrogen and oxygen atoms in total. The Labute approximate surface area is 92.1 Å². The fourth-order valence-electron chi connectivity index (χ4n) is 0.893. The van der Waals surface area contributed by atoms with E-state index in [1.54, 1.807) is 18.2 Å². The van der Waals surface area contributed by atoms with Gasteiger partial charge in [0.25, 0.3) is 0 Å². The Hall–Kier alpha value is -1.10. The van der Waals surface area contributed by atoms with Crippen molar-refractivity contribution in [3.63, 3.8) is 0 Å². The van der Waals surface area contributed by atoms with E-state index >= 15 is 0 Å². The van der Waals surface area contributed by atoms with Gasteiger partial charge in [-0.05, 0) is 19.1 Å². The van der Waals surface area contributed by atoms with Gasteiger partial charge < -0.3 is 14.9 Å². The van der Waals surface area contributed by atoms with Gasteiger partial charge in [0.15, 0.2) is 6.10 Å². The van der Waals surface area contributed by atoms with Crippen LogP contribution in [0, 0.1) is 0 Å². The second kappa shape index (κ2) is 5.11. The summed E-state index contributed by atoms with van der Waals surface area (Å²) in [5, 5.41) is 18.4. The van der Waals surface area contributed by atoms with Crippen molar-refractivity contribution >= 4 is 17.6 Å². The summed E-state index contributed by atoms with van der Waals surface area (Å²) in [6.07, 6.45) is -2.75. The molecule has 0 amide bonds. The second-order valence-electron chi connectivity index (χ2n) is 3.04. The van der Waals surface area contributed by atoms with Gasteiger partial charge in [0.05, 0.1) is 11.1 Å². The van der Waals surface area contributed by atoms with E-state index in [1.807, 2.05) is 0 Å². The lowest BCUT2D eigenvalue weighted by Gasteiger charge is -2.12. The van der Waals surface area contributed by atoms with Crippen molar-refractivity contribution in [1.82, 2.24) is 0 Å². The van der Waals surface area contributed by atoms with Gasteiger partial charge in [-0.2, -0.15) is 0 Å². The van der Waals surface area contributed by atoms with Gasteiger partial charge in [-0.1, -0.05) is 23.7 Å². The summed E-state index contributed by atoms with van der Waals surface area (Å²) in [4.78, 5) is 11.2. The van der Waals surface area contributed by atoms with E-state index in [1.165, 1.54) is 13.0 Å². The van der Waals surface area contributed by atoms with Gasteiger partial charge in [0.1, 0.15) is 5.75 Å². The average molecular weight is 231 g/mol. The third kappa shape index (κ3) is 3.20. The molecule has 5 heteroatoms. The van der Waals surface area contributed by atoms with Crippen LogP contribution in [0.4, 0.5) is 0 Å². The van der Waals surface area contributed by atoms with Crippen LogP contribution in [0.2, 0.25) is 5.02 Å². The van der Waals surface area contributed by atoms with Gasteiger partial charge in [-0.25, -0.2) is 4.79 Å². The lowest BCUT2D eigenvalue weighted by molar-refractivity contribution is -0.149. The second-order valence-corrected chi connectivity index (χ2v) is 3.44. The fraction of sp³-hybridized carbons (Fsp3) is 0.300. The molecule has 0 aliphatic heterocycles. The van der Waals surface area contributed by atoms with Crippen LogP contribution in [0.1, 0.15) is 6.92 Å². The van der Waals surface area contributed by atoms with Crippen molar-refractivity contribution < 1.29 is 19.7 Å². The van der Waals surface area contributed by atoms with Crippen LogP contribution in [-0.2, 0) is 4.79 Å². The van der Waals surface area contributed by atoms with Crippen molar-refractivity contribution in [2.24, 2.45) is 0 Å². The molecule has 1 aromatic rings. The van der Waals surface area contributed by atoms with E-state index in [0.717, 1.165) is 0 Å². The third-order valence-electron chi connectivity index (χ3n) is 1.75. The average Bonchev–Trinajstić information content (AvgIpc) is 2.20. The zero-order chi connectivity index (χ0) is 11.4. The van der Waals surface area contributed by atoms with E-state index in [-0.39, 0.29) is 10.8 Å². The maximum absolute atomic E-state index is 11.2. The first kappa shape index (κ1) is 12.0. The third-order valence-corrected chi connectivity index (χ3v) is 2.06. The Morgan fingerprint density at radius 2 is 2.00 bits per heavy atom. The Balaban J connectivity index is 2.71. The van der Waals surface area contributed by atoms with Crippen LogP contribution >= 0.6 is 11.6 Å². The molecule has 0 saturated carbocycles. The van der Waals surface area contributed by atoms with Crippen molar-refractivity contribution in [3.05, 3.63) is 29.3 Å². The van der Waals surface area contributed by atoms with Crippen LogP contribution in [-0.4, -0.2) is 28.4 Å². The van der Waals surface area contributed by atoms with Crippen molar-refractivity contribution in [2.45, 2.75) is 19.1 Å². The Kier molecular flexibility index (Phi) is 4.08. The molecule has 15 heavy (non-hydrogen) atoms. The van der Waals surface area contributed by atoms with Gasteiger partial charge in [-0.3, -0.25) is 0 Å². The van der Waals surface area contributed by atoms with Gasteiger partial charge >= 0.3 is 5.97 Å². The molecule has 2 atom stereocenters. The highest BCUT2D eigenvalue weighted by molar-refractivity contribution is 6.32. The quantitative estimate of drug-likeness (QED) is 0.600. The summed E-state index contributed by atoms with van der Waals surface area (Å²) in [5.74, 6) is -0.776. The molecule has 0 radical (unpaired) electrons. The molecule has 1 rings (SSSR count). The highest BCUT2D eigenvalue weighted by atomic mass is 35.5. The zero-order valence-electron chi connectivity index (χ0n) is 8.05. The lowest BCUT2D eigenvalue weighted by atomic mass is 10.2. The molecule has 2 N–H and O–H groups in total. The number of carbonyl (C=O) groups is 1. The number of esters is 1. The summed E-state index contributed by atoms with van der Waals surface area (Å²) in [6, 6.07) is 6.38. The Bertz CT molecular complexity index is 351. The molecule has 0 saturated heterocycles. The van der Waals surface area contributed by atoms with Crippen LogP contribution in [0.3, 0.4) is 0 Å². The summed E-state index contributed by atoms with van der Waals surface area (Å²) >= 11 is 5.73. The normalized spacial score (nSPS) is 14.4. The molecule has 0 heterocycles. The van der Waals surface area contributed by atoms with Gasteiger partial charge in [-0.15, -0.1) is 0 Å². The fourth-order valence-corrected chi connectivity index (χ4v) is 1.07. The molecule has 0 spiro atoms. The number of aliphatic hydroxyl groups excluding tert-OH is 2. The Morgan fingerprint density at radius 3 is 2.53 bits per heavy atom. The smallest absolute Gasteiger partial charge is 0.343 e. The van der Waals surface area contributed by atoms with Crippen molar-refractivity contribution in [1.29, 1.82) is 0 Å². The van der Waals surface area contributed by atoms with Crippen LogP contribution in [0.5, 0.6) is 5.75 Å². The van der Waals surface area contributed by atoms with Gasteiger partial charge in [0.2, 0.25) is 0 Å². The minimum Gasteiger partial charge on any atom is -0.423 e. The summed E-state index contributed by atoms with van der Waals surface area (Å²) < 4.78 is 4.79. The molecule has 0 aromatic heterocycles. The van der Waals surface area contributed by atoms with E-state index in [2.05, 4.69) is 0 Å². The molecule has 82 valence electrons. The van der Waals surface area contributed by atoms with Crippen LogP contribution < -0.4 is 4.74 Å². The molecule has 0 aliphatic rings. The number of ether oxygens (including phenoxy) is 1. The predicted octanol–water partition coefficient (Wildman–Crippen LogP) is 0.987. The predicted molar refractivity (Wildman–Crippen MR) is 54.8 cm³/mol. The maximum Gasteiger partial charge on any atom is 0.343 e. The monoisotopic (exact) mass is 230 g/mol. The van der Waals surface area contributed by atoms with Crippen molar-refractivity contribution in [3.8, 4) is 5.75 Å². The minimum atomic E-state index is -1.57. The standard InChI is InChI=1S/C10H11ClO4/c1-6(12)9(13)10(14)15-8-5-3-2-4-7(8)11/h2-6,9,12-13H,1H3. The molecular formula is C10H11ClO4. The maximum atomic E-state index is 11.2. The van der Waals surface area contributed by atoms with Crippen LogP contribution in [0.25, 0.3) is 0 Å². The molecule has 0 fully saturated rings. The molecule has 0 aliphatic carbocycles. The first-order chi connectivity index (χ1) is 7.02. The lowest BCUT2D eigenvalue weighted by Crippen LogP contribution is -2.35. The highest BCUT2D eigenvalue weighted by Crippen LogP contribution is 2.23. The number of hydrogen-bond donors (Lipinski definition) is 2. The molecule has 2 unspecified atom stereocenters. The SMILES string of the molecule is CC(O)C(O)C(=O)Oc1ccccc1Cl. The number of aliphatic hydroxyl groups is 2. The molecular weight excluding hydrogens is 220 g/mol. The highest BCUT2D eigenvalue weighted by Gasteiger charge is 2.23. The number of para-hydroxylation sites is 1. The summed E-state index contributed by atoms with van der Waals surface area (Å²) in [5.41, 5.74) is 0. The summed E-state index contributed by atoms with van der Waals surface area (Å²) in [7, 11) is 0. The first-order valence-electron chi connectivity index (χ1n) is 4.34. The number of carbonyl (C=O) groups excluding carboxylic acids is 1. The van der Waals surface area contributed by atoms with E-state index in [9.17, 15) is 9.90 Å². The van der Waals surface area contributed by atoms with Gasteiger partial charge in [0, 0.05) is 0 Å². The van der Waals surface area contributed by atoms with Crippen LogP contribution in [0.15, 0.2) is 24.3 Å². The van der Waals surface area contributed by atoms with E-state index in [0.29, 0.717) is 0 Å². The first-order valence-corrected chi connectivity index (χ1v) is 4.72. The number of rotatable bonds is 3. The van der Waals surface area contributed by atoms with E-state index in [4.69, 9.17) is 21.4 Å². The molecule has 0 bridgehead atoms. The topological polar surface area (TPSA) is 66.8 Å². The zero-order valence-corrected chi connectivity index (χ0v) is 8.81. The Morgan fingerprint density at radius 1 is 1.40 bits per heavy atom.